The molecule has 4 aliphatic rings. The monoisotopic (exact) mass is 480 g/mol. The fourth-order valence-corrected chi connectivity index (χ4v) is 8.43. The Labute approximate surface area is 202 Å². The Kier molecular flexibility index (Phi) is 6.45. The molecule has 7 nitrogen and oxygen atoms in total. The highest BCUT2D eigenvalue weighted by Gasteiger charge is 2.70. The summed E-state index contributed by atoms with van der Waals surface area (Å²) in [5.74, 6) is -1.41. The zero-order chi connectivity index (χ0) is 25.4. The number of aliphatic hydroxyl groups is 6. The predicted molar refractivity (Wildman–Crippen MR) is 127 cm³/mol. The van der Waals surface area contributed by atoms with Crippen molar-refractivity contribution in [2.24, 2.45) is 34.5 Å². The summed E-state index contributed by atoms with van der Waals surface area (Å²) in [7, 11) is 0. The summed E-state index contributed by atoms with van der Waals surface area (Å²) in [6, 6.07) is 0. The van der Waals surface area contributed by atoms with Crippen molar-refractivity contribution in [2.75, 3.05) is 0 Å². The molecular formula is C27H44O7. The third-order valence-corrected chi connectivity index (χ3v) is 10.5. The average molecular weight is 481 g/mol. The zero-order valence-corrected chi connectivity index (χ0v) is 21.2. The van der Waals surface area contributed by atoms with E-state index in [1.54, 1.807) is 6.92 Å². The van der Waals surface area contributed by atoms with E-state index >= 15 is 0 Å². The van der Waals surface area contributed by atoms with Crippen LogP contribution >= 0.6 is 0 Å². The lowest BCUT2D eigenvalue weighted by Crippen LogP contribution is -2.65. The molecule has 194 valence electrons. The van der Waals surface area contributed by atoms with Gasteiger partial charge in [-0.25, -0.2) is 0 Å². The highest BCUT2D eigenvalue weighted by molar-refractivity contribution is 5.95. The van der Waals surface area contributed by atoms with Crippen molar-refractivity contribution in [3.63, 3.8) is 0 Å². The van der Waals surface area contributed by atoms with Crippen molar-refractivity contribution in [3.05, 3.63) is 11.6 Å². The van der Waals surface area contributed by atoms with Crippen LogP contribution in [0.3, 0.4) is 0 Å². The number of carbonyl (C=O) groups is 1. The van der Waals surface area contributed by atoms with Crippen molar-refractivity contribution < 1.29 is 35.4 Å². The quantitative estimate of drug-likeness (QED) is 0.352. The van der Waals surface area contributed by atoms with Gasteiger partial charge in [0.25, 0.3) is 0 Å². The Balaban J connectivity index is 1.70. The summed E-state index contributed by atoms with van der Waals surface area (Å²) >= 11 is 0. The number of fused-ring (bicyclic) bond motifs is 5. The third-order valence-electron chi connectivity index (χ3n) is 10.5. The van der Waals surface area contributed by atoms with Crippen LogP contribution in [0.5, 0.6) is 0 Å². The van der Waals surface area contributed by atoms with E-state index in [4.69, 9.17) is 0 Å². The molecule has 0 bridgehead atoms. The fourth-order valence-electron chi connectivity index (χ4n) is 8.43. The van der Waals surface area contributed by atoms with E-state index in [1.165, 1.54) is 6.08 Å². The van der Waals surface area contributed by atoms with Gasteiger partial charge in [-0.05, 0) is 80.8 Å². The van der Waals surface area contributed by atoms with Gasteiger partial charge in [0.1, 0.15) is 0 Å². The van der Waals surface area contributed by atoms with Gasteiger partial charge in [-0.1, -0.05) is 27.7 Å². The number of rotatable bonds is 5. The molecule has 3 fully saturated rings. The molecule has 7 heteroatoms. The highest BCUT2D eigenvalue weighted by atomic mass is 16.3. The van der Waals surface area contributed by atoms with Crippen LogP contribution in [0, 0.1) is 34.5 Å². The Morgan fingerprint density at radius 3 is 2.38 bits per heavy atom. The summed E-state index contributed by atoms with van der Waals surface area (Å²) in [6.07, 6.45) is 0.532. The fraction of sp³-hybridized carbons (Fsp3) is 0.889. The zero-order valence-electron chi connectivity index (χ0n) is 21.2. The molecular weight excluding hydrogens is 436 g/mol. The molecule has 11 atom stereocenters. The number of aliphatic hydroxyl groups excluding tert-OH is 4. The van der Waals surface area contributed by atoms with Crippen LogP contribution in [0.4, 0.5) is 0 Å². The van der Waals surface area contributed by atoms with Gasteiger partial charge in [-0.15, -0.1) is 0 Å². The molecule has 4 rings (SSSR count). The summed E-state index contributed by atoms with van der Waals surface area (Å²) in [5.41, 5.74) is -3.59. The Hall–Kier alpha value is -0.830. The average Bonchev–Trinajstić information content (AvgIpc) is 3.00. The van der Waals surface area contributed by atoms with Crippen molar-refractivity contribution >= 4 is 5.78 Å². The maximum absolute atomic E-state index is 13.3. The smallest absolute Gasteiger partial charge is 0.159 e. The minimum Gasteiger partial charge on any atom is -0.393 e. The molecule has 0 saturated heterocycles. The second-order valence-corrected chi connectivity index (χ2v) is 13.0. The largest absolute Gasteiger partial charge is 0.393 e. The van der Waals surface area contributed by atoms with Gasteiger partial charge in [0.15, 0.2) is 5.78 Å². The van der Waals surface area contributed by atoms with Gasteiger partial charge in [0.05, 0.1) is 35.6 Å². The summed E-state index contributed by atoms with van der Waals surface area (Å²) in [5, 5.41) is 66.3. The Morgan fingerprint density at radius 2 is 1.76 bits per heavy atom. The van der Waals surface area contributed by atoms with Crippen LogP contribution in [0.1, 0.15) is 79.6 Å². The predicted octanol–water partition coefficient (Wildman–Crippen LogP) is 1.71. The molecule has 34 heavy (non-hydrogen) atoms. The van der Waals surface area contributed by atoms with E-state index in [2.05, 4.69) is 0 Å². The molecule has 0 heterocycles. The normalized spacial score (nSPS) is 49.1. The second kappa shape index (κ2) is 8.35. The molecule has 4 aliphatic carbocycles. The van der Waals surface area contributed by atoms with E-state index < -0.39 is 58.3 Å². The SMILES string of the molecule is CC(C)C(O)CCC(C)(O)C1CCC2(O)C3=CC(=O)C4CC(O)C(O)CC4(C)C3C(O)CC12C. The van der Waals surface area contributed by atoms with E-state index in [9.17, 15) is 35.4 Å². The van der Waals surface area contributed by atoms with Crippen LogP contribution in [0.15, 0.2) is 11.6 Å². The van der Waals surface area contributed by atoms with E-state index in [0.29, 0.717) is 31.3 Å². The van der Waals surface area contributed by atoms with Crippen LogP contribution < -0.4 is 0 Å². The molecule has 3 saturated carbocycles. The van der Waals surface area contributed by atoms with E-state index in [1.807, 2.05) is 27.7 Å². The topological polar surface area (TPSA) is 138 Å². The molecule has 0 aromatic heterocycles. The molecule has 0 amide bonds. The molecule has 11 unspecified atom stereocenters. The van der Waals surface area contributed by atoms with Crippen LogP contribution in [-0.2, 0) is 4.79 Å². The number of ketones is 1. The molecule has 0 aromatic carbocycles. The lowest BCUT2D eigenvalue weighted by molar-refractivity contribution is -0.185. The van der Waals surface area contributed by atoms with Crippen LogP contribution in [-0.4, -0.2) is 72.0 Å². The maximum Gasteiger partial charge on any atom is 0.159 e. The van der Waals surface area contributed by atoms with Crippen molar-refractivity contribution in [2.45, 2.75) is 115 Å². The van der Waals surface area contributed by atoms with Crippen LogP contribution in [0.2, 0.25) is 0 Å². The number of carbonyl (C=O) groups excluding carboxylic acids is 1. The van der Waals surface area contributed by atoms with Gasteiger partial charge in [0, 0.05) is 17.3 Å². The third kappa shape index (κ3) is 3.65. The maximum atomic E-state index is 13.3. The van der Waals surface area contributed by atoms with Crippen LogP contribution in [0.25, 0.3) is 0 Å². The minimum absolute atomic E-state index is 0.0839. The van der Waals surface area contributed by atoms with Gasteiger partial charge < -0.3 is 30.6 Å². The molecule has 6 N–H and O–H groups in total. The molecule has 0 aliphatic heterocycles. The Bertz CT molecular complexity index is 852. The van der Waals surface area contributed by atoms with Gasteiger partial charge in [-0.3, -0.25) is 4.79 Å². The lowest BCUT2D eigenvalue weighted by Gasteiger charge is -2.62. The summed E-state index contributed by atoms with van der Waals surface area (Å²) in [4.78, 5) is 13.3. The van der Waals surface area contributed by atoms with Gasteiger partial charge in [-0.2, -0.15) is 0 Å². The number of hydrogen-bond donors (Lipinski definition) is 6. The molecule has 0 spiro atoms. The Morgan fingerprint density at radius 1 is 1.12 bits per heavy atom. The highest BCUT2D eigenvalue weighted by Crippen LogP contribution is 2.68. The summed E-state index contributed by atoms with van der Waals surface area (Å²) < 4.78 is 0. The molecule has 0 aromatic rings. The van der Waals surface area contributed by atoms with E-state index in [-0.39, 0.29) is 36.9 Å². The molecule has 0 radical (unpaired) electrons. The first kappa shape index (κ1) is 26.2. The van der Waals surface area contributed by atoms with Gasteiger partial charge in [0.2, 0.25) is 0 Å². The van der Waals surface area contributed by atoms with E-state index in [0.717, 1.165) is 0 Å². The lowest BCUT2D eigenvalue weighted by atomic mass is 9.45. The number of allylic oxidation sites excluding steroid dienone is 1. The van der Waals surface area contributed by atoms with Crippen molar-refractivity contribution in [3.8, 4) is 0 Å². The standard InChI is InChI=1S/C27H44O7/c1-14(2)17(28)6-8-26(5,33)22-7-9-27(34)16-11-18(29)15-10-19(30)20(31)12-24(15,3)23(16)21(32)13-25(22,27)4/h11,14-15,17,19-23,28,30-34H,6-10,12-13H2,1-5H3. The first-order chi connectivity index (χ1) is 15.6. The summed E-state index contributed by atoms with van der Waals surface area (Å²) in [6.45, 7) is 9.45. The first-order valence-electron chi connectivity index (χ1n) is 13.0. The van der Waals surface area contributed by atoms with Crippen molar-refractivity contribution in [1.82, 2.24) is 0 Å². The first-order valence-corrected chi connectivity index (χ1v) is 13.0. The van der Waals surface area contributed by atoms with Gasteiger partial charge >= 0.3 is 0 Å². The second-order valence-electron chi connectivity index (χ2n) is 13.0. The van der Waals surface area contributed by atoms with Crippen molar-refractivity contribution in [1.29, 1.82) is 0 Å². The minimum atomic E-state index is -1.35. The number of hydrogen-bond acceptors (Lipinski definition) is 7.